The number of hydrogen-bond donors (Lipinski definition) is 1. The average Bonchev–Trinajstić information content (AvgIpc) is 2.74. The number of nitrogens with one attached hydrogen (secondary N) is 1. The molecule has 2 rings (SSSR count). The van der Waals surface area contributed by atoms with E-state index in [0.29, 0.717) is 35.2 Å². The van der Waals surface area contributed by atoms with Crippen molar-refractivity contribution in [3.63, 3.8) is 0 Å². The van der Waals surface area contributed by atoms with Crippen LogP contribution in [-0.4, -0.2) is 31.9 Å². The first kappa shape index (κ1) is 22.7. The number of amides is 1. The van der Waals surface area contributed by atoms with E-state index in [2.05, 4.69) is 17.8 Å². The van der Waals surface area contributed by atoms with Crippen molar-refractivity contribution in [1.82, 2.24) is 5.32 Å². The van der Waals surface area contributed by atoms with Gasteiger partial charge in [0.1, 0.15) is 11.9 Å². The third-order valence-electron chi connectivity index (χ3n) is 4.04. The van der Waals surface area contributed by atoms with Crippen molar-refractivity contribution < 1.29 is 14.3 Å². The molecule has 0 radical (unpaired) electrons. The van der Waals surface area contributed by atoms with Gasteiger partial charge in [-0.1, -0.05) is 41.8 Å². The molecule has 1 unspecified atom stereocenters. The lowest BCUT2D eigenvalue weighted by atomic mass is 10.1. The maximum atomic E-state index is 12.8. The highest BCUT2D eigenvalue weighted by Crippen LogP contribution is 2.30. The average molecular weight is 430 g/mol. The van der Waals surface area contributed by atoms with E-state index in [-0.39, 0.29) is 17.8 Å². The summed E-state index contributed by atoms with van der Waals surface area (Å²) in [7, 11) is 1.58. The Bertz CT molecular complexity index is 861. The van der Waals surface area contributed by atoms with Gasteiger partial charge in [0.25, 0.3) is 0 Å². The number of benzene rings is 2. The number of methoxy groups -OCH3 is 1. The summed E-state index contributed by atoms with van der Waals surface area (Å²) >= 11 is 7.49. The van der Waals surface area contributed by atoms with Crippen LogP contribution >= 0.6 is 23.4 Å². The number of thioether (sulfide) groups is 1. The number of halogens is 1. The van der Waals surface area contributed by atoms with E-state index in [1.54, 1.807) is 25.3 Å². The molecule has 1 N–H and O–H groups in total. The quantitative estimate of drug-likeness (QED) is 0.416. The Labute approximate surface area is 181 Å². The van der Waals surface area contributed by atoms with Crippen molar-refractivity contribution in [3.8, 4) is 23.8 Å². The first-order valence-corrected chi connectivity index (χ1v) is 10.5. The molecule has 0 aliphatic heterocycles. The van der Waals surface area contributed by atoms with Crippen molar-refractivity contribution in [2.75, 3.05) is 26.0 Å². The van der Waals surface area contributed by atoms with E-state index in [1.165, 1.54) is 11.8 Å². The summed E-state index contributed by atoms with van der Waals surface area (Å²) in [4.78, 5) is 12.8. The molecule has 0 saturated carbocycles. The highest BCUT2D eigenvalue weighted by atomic mass is 35.5. The van der Waals surface area contributed by atoms with Gasteiger partial charge in [0.15, 0.2) is 11.5 Å². The molecule has 0 fully saturated rings. The second-order valence-electron chi connectivity index (χ2n) is 6.07. The van der Waals surface area contributed by atoms with Crippen LogP contribution in [0.3, 0.4) is 0 Å². The first-order chi connectivity index (χ1) is 14.1. The summed E-state index contributed by atoms with van der Waals surface area (Å²) in [5.74, 6) is 4.28. The van der Waals surface area contributed by atoms with Gasteiger partial charge in [-0.05, 0) is 41.8 Å². The maximum Gasteiger partial charge on any atom is 0.237 e. The fourth-order valence-corrected chi connectivity index (χ4v) is 3.69. The summed E-state index contributed by atoms with van der Waals surface area (Å²) in [6.45, 7) is 4.42. The van der Waals surface area contributed by atoms with Crippen LogP contribution in [-0.2, 0) is 11.2 Å². The zero-order valence-electron chi connectivity index (χ0n) is 16.3. The molecule has 2 aromatic rings. The molecule has 0 aliphatic carbocycles. The van der Waals surface area contributed by atoms with Gasteiger partial charge >= 0.3 is 0 Å². The highest BCUT2D eigenvalue weighted by Gasteiger charge is 2.20. The molecule has 1 amide bonds. The fourth-order valence-electron chi connectivity index (χ4n) is 2.65. The second kappa shape index (κ2) is 12.1. The molecule has 4 nitrogen and oxygen atoms in total. The number of carbonyl (C=O) groups excluding carboxylic acids is 1. The molecule has 0 heterocycles. The van der Waals surface area contributed by atoms with E-state index in [0.717, 1.165) is 11.1 Å². The van der Waals surface area contributed by atoms with Crippen LogP contribution < -0.4 is 14.8 Å². The van der Waals surface area contributed by atoms with Crippen molar-refractivity contribution in [1.29, 1.82) is 0 Å². The van der Waals surface area contributed by atoms with E-state index < -0.39 is 0 Å². The molecule has 0 aromatic heterocycles. The van der Waals surface area contributed by atoms with Crippen LogP contribution in [0, 0.1) is 12.3 Å². The summed E-state index contributed by atoms with van der Waals surface area (Å²) in [6, 6.07) is 13.0. The lowest BCUT2D eigenvalue weighted by molar-refractivity contribution is -0.120. The highest BCUT2D eigenvalue weighted by molar-refractivity contribution is 8.00. The van der Waals surface area contributed by atoms with E-state index >= 15 is 0 Å². The molecule has 2 aromatic carbocycles. The molecule has 6 heteroatoms. The number of hydrogen-bond acceptors (Lipinski definition) is 4. The van der Waals surface area contributed by atoms with Crippen LogP contribution in [0.25, 0.3) is 0 Å². The fraction of sp³-hybridized carbons (Fsp3) is 0.261. The Kier molecular flexibility index (Phi) is 9.49. The normalized spacial score (nSPS) is 11.2. The Hall–Kier alpha value is -2.55. The lowest BCUT2D eigenvalue weighted by Gasteiger charge is -2.17. The van der Waals surface area contributed by atoms with Crippen molar-refractivity contribution in [2.24, 2.45) is 0 Å². The molecule has 0 saturated heterocycles. The van der Waals surface area contributed by atoms with Crippen LogP contribution in [0.15, 0.2) is 55.1 Å². The third kappa shape index (κ3) is 7.08. The van der Waals surface area contributed by atoms with Crippen molar-refractivity contribution in [3.05, 3.63) is 71.3 Å². The Morgan fingerprint density at radius 1 is 1.31 bits per heavy atom. The Morgan fingerprint density at radius 3 is 2.72 bits per heavy atom. The molecular weight excluding hydrogens is 406 g/mol. The molecule has 0 aliphatic rings. The van der Waals surface area contributed by atoms with Gasteiger partial charge in [-0.15, -0.1) is 24.8 Å². The SMILES string of the molecule is C#CCOc1ccc(CCNC(=O)C(SCC=C)c2ccc(Cl)cc2)cc1OC. The van der Waals surface area contributed by atoms with Gasteiger partial charge in [0.05, 0.1) is 7.11 Å². The van der Waals surface area contributed by atoms with Crippen molar-refractivity contribution in [2.45, 2.75) is 11.7 Å². The number of ether oxygens (including phenoxy) is 2. The van der Waals surface area contributed by atoms with Gasteiger partial charge in [-0.25, -0.2) is 0 Å². The van der Waals surface area contributed by atoms with Gasteiger partial charge < -0.3 is 14.8 Å². The van der Waals surface area contributed by atoms with E-state index in [9.17, 15) is 4.79 Å². The topological polar surface area (TPSA) is 47.6 Å². The molecule has 0 bridgehead atoms. The largest absolute Gasteiger partial charge is 0.493 e. The molecule has 152 valence electrons. The van der Waals surface area contributed by atoms with Gasteiger partial charge in [-0.3, -0.25) is 4.79 Å². The molecular formula is C23H24ClNO3S. The number of rotatable bonds is 11. The van der Waals surface area contributed by atoms with E-state index in [4.69, 9.17) is 27.5 Å². The summed E-state index contributed by atoms with van der Waals surface area (Å²) < 4.78 is 10.8. The van der Waals surface area contributed by atoms with Crippen LogP contribution in [0.1, 0.15) is 16.4 Å². The van der Waals surface area contributed by atoms with Crippen molar-refractivity contribution >= 4 is 29.3 Å². The first-order valence-electron chi connectivity index (χ1n) is 9.08. The second-order valence-corrected chi connectivity index (χ2v) is 7.65. The van der Waals surface area contributed by atoms with Gasteiger partial charge in [0.2, 0.25) is 5.91 Å². The maximum absolute atomic E-state index is 12.8. The van der Waals surface area contributed by atoms with Crippen LogP contribution in [0.2, 0.25) is 5.02 Å². The number of carbonyl (C=O) groups is 1. The molecule has 0 spiro atoms. The van der Waals surface area contributed by atoms with Gasteiger partial charge in [-0.2, -0.15) is 0 Å². The van der Waals surface area contributed by atoms with E-state index in [1.807, 2.05) is 30.3 Å². The molecule has 1 atom stereocenters. The summed E-state index contributed by atoms with van der Waals surface area (Å²) in [6.07, 6.45) is 7.68. The monoisotopic (exact) mass is 429 g/mol. The predicted molar refractivity (Wildman–Crippen MR) is 121 cm³/mol. The van der Waals surface area contributed by atoms with Crippen LogP contribution in [0.5, 0.6) is 11.5 Å². The zero-order valence-corrected chi connectivity index (χ0v) is 17.9. The van der Waals surface area contributed by atoms with Gasteiger partial charge in [0, 0.05) is 17.3 Å². The lowest BCUT2D eigenvalue weighted by Crippen LogP contribution is -2.30. The third-order valence-corrected chi connectivity index (χ3v) is 5.54. The summed E-state index contributed by atoms with van der Waals surface area (Å²) in [5.41, 5.74) is 1.94. The Morgan fingerprint density at radius 2 is 2.07 bits per heavy atom. The smallest absolute Gasteiger partial charge is 0.237 e. The van der Waals surface area contributed by atoms with Crippen LogP contribution in [0.4, 0.5) is 0 Å². The Balaban J connectivity index is 1.98. The summed E-state index contributed by atoms with van der Waals surface area (Å²) in [5, 5.41) is 3.34. The predicted octanol–water partition coefficient (Wildman–Crippen LogP) is 4.68. The molecule has 29 heavy (non-hydrogen) atoms. The minimum Gasteiger partial charge on any atom is -0.493 e. The number of terminal acetylenes is 1. The standard InChI is InChI=1S/C23H24ClNO3S/c1-4-14-28-20-11-6-17(16-21(20)27-3)12-13-25-23(26)22(29-15-5-2)18-7-9-19(24)10-8-18/h1,5-11,16,22H,2,12-15H2,3H3,(H,25,26). The zero-order chi connectivity index (χ0) is 21.1. The minimum absolute atomic E-state index is 0.0416. The minimum atomic E-state index is -0.320.